The van der Waals surface area contributed by atoms with Crippen LogP contribution in [0, 0.1) is 0 Å². The fourth-order valence-corrected chi connectivity index (χ4v) is 2.42. The standard InChI is InChI=1S/C18H20N2O3/c1-3-13-5-4-6-14(9-13)19-12(2)18(21)20-15-7-8-16-17(10-15)23-11-22-16/h4-10,12,19H,3,11H2,1-2H3,(H,20,21). The minimum atomic E-state index is -0.354. The van der Waals surface area contributed by atoms with Gasteiger partial charge in [-0.05, 0) is 43.2 Å². The SMILES string of the molecule is CCc1cccc(NC(C)C(=O)Nc2ccc3c(c2)OCO3)c1. The molecule has 3 rings (SSSR count). The average Bonchev–Trinajstić information content (AvgIpc) is 3.02. The van der Waals surface area contributed by atoms with Crippen LogP contribution in [-0.2, 0) is 11.2 Å². The van der Waals surface area contributed by atoms with Gasteiger partial charge in [0.05, 0.1) is 0 Å². The van der Waals surface area contributed by atoms with E-state index < -0.39 is 0 Å². The van der Waals surface area contributed by atoms with E-state index in [9.17, 15) is 4.79 Å². The molecule has 0 spiro atoms. The van der Waals surface area contributed by atoms with Gasteiger partial charge in [0.15, 0.2) is 11.5 Å². The Morgan fingerprint density at radius 3 is 2.78 bits per heavy atom. The zero-order valence-electron chi connectivity index (χ0n) is 13.3. The zero-order chi connectivity index (χ0) is 16.2. The Kier molecular flexibility index (Phi) is 4.37. The first-order chi connectivity index (χ1) is 11.2. The van der Waals surface area contributed by atoms with E-state index in [-0.39, 0.29) is 18.7 Å². The van der Waals surface area contributed by atoms with Crippen molar-refractivity contribution in [3.63, 3.8) is 0 Å². The second-order valence-electron chi connectivity index (χ2n) is 5.48. The summed E-state index contributed by atoms with van der Waals surface area (Å²) in [5.41, 5.74) is 2.87. The number of amides is 1. The lowest BCUT2D eigenvalue weighted by Crippen LogP contribution is -2.31. The summed E-state index contributed by atoms with van der Waals surface area (Å²) >= 11 is 0. The maximum atomic E-state index is 12.3. The Morgan fingerprint density at radius 2 is 1.96 bits per heavy atom. The molecular weight excluding hydrogens is 292 g/mol. The average molecular weight is 312 g/mol. The van der Waals surface area contributed by atoms with Crippen LogP contribution in [0.4, 0.5) is 11.4 Å². The van der Waals surface area contributed by atoms with Crippen LogP contribution in [0.2, 0.25) is 0 Å². The van der Waals surface area contributed by atoms with E-state index in [0.29, 0.717) is 17.2 Å². The number of carbonyl (C=O) groups excluding carboxylic acids is 1. The van der Waals surface area contributed by atoms with Crippen molar-refractivity contribution in [2.24, 2.45) is 0 Å². The van der Waals surface area contributed by atoms with Gasteiger partial charge in [0.25, 0.3) is 0 Å². The van der Waals surface area contributed by atoms with Crippen molar-refractivity contribution in [2.75, 3.05) is 17.4 Å². The van der Waals surface area contributed by atoms with Gasteiger partial charge in [-0.25, -0.2) is 0 Å². The highest BCUT2D eigenvalue weighted by atomic mass is 16.7. The third-order valence-corrected chi connectivity index (χ3v) is 3.75. The second kappa shape index (κ2) is 6.60. The molecule has 23 heavy (non-hydrogen) atoms. The molecule has 5 heteroatoms. The summed E-state index contributed by atoms with van der Waals surface area (Å²) in [6.07, 6.45) is 0.966. The zero-order valence-corrected chi connectivity index (χ0v) is 13.3. The lowest BCUT2D eigenvalue weighted by Gasteiger charge is -2.16. The largest absolute Gasteiger partial charge is 0.454 e. The van der Waals surface area contributed by atoms with E-state index in [1.54, 1.807) is 18.2 Å². The smallest absolute Gasteiger partial charge is 0.246 e. The summed E-state index contributed by atoms with van der Waals surface area (Å²) in [5, 5.41) is 6.10. The molecule has 0 radical (unpaired) electrons. The molecule has 2 aromatic carbocycles. The highest BCUT2D eigenvalue weighted by Gasteiger charge is 2.16. The number of ether oxygens (including phenoxy) is 2. The van der Waals surface area contributed by atoms with Gasteiger partial charge in [-0.2, -0.15) is 0 Å². The van der Waals surface area contributed by atoms with Gasteiger partial charge in [0, 0.05) is 17.4 Å². The monoisotopic (exact) mass is 312 g/mol. The molecule has 0 aromatic heterocycles. The first kappa shape index (κ1) is 15.2. The number of carbonyl (C=O) groups is 1. The van der Waals surface area contributed by atoms with Crippen molar-refractivity contribution in [2.45, 2.75) is 26.3 Å². The fourth-order valence-electron chi connectivity index (χ4n) is 2.42. The highest BCUT2D eigenvalue weighted by molar-refractivity contribution is 5.96. The molecular formula is C18H20N2O3. The first-order valence-corrected chi connectivity index (χ1v) is 7.71. The molecule has 1 aliphatic heterocycles. The van der Waals surface area contributed by atoms with Gasteiger partial charge in [0.1, 0.15) is 6.04 Å². The van der Waals surface area contributed by atoms with E-state index in [0.717, 1.165) is 12.1 Å². The van der Waals surface area contributed by atoms with Crippen LogP contribution in [0.25, 0.3) is 0 Å². The Labute approximate surface area is 135 Å². The van der Waals surface area contributed by atoms with Crippen molar-refractivity contribution in [1.29, 1.82) is 0 Å². The minimum Gasteiger partial charge on any atom is -0.454 e. The third-order valence-electron chi connectivity index (χ3n) is 3.75. The third kappa shape index (κ3) is 3.56. The van der Waals surface area contributed by atoms with E-state index >= 15 is 0 Å². The van der Waals surface area contributed by atoms with Gasteiger partial charge in [-0.3, -0.25) is 4.79 Å². The van der Waals surface area contributed by atoms with Crippen LogP contribution < -0.4 is 20.1 Å². The van der Waals surface area contributed by atoms with Crippen molar-refractivity contribution >= 4 is 17.3 Å². The van der Waals surface area contributed by atoms with E-state index in [2.05, 4.69) is 29.7 Å². The molecule has 1 unspecified atom stereocenters. The van der Waals surface area contributed by atoms with Gasteiger partial charge in [-0.1, -0.05) is 19.1 Å². The van der Waals surface area contributed by atoms with Gasteiger partial charge < -0.3 is 20.1 Å². The summed E-state index contributed by atoms with van der Waals surface area (Å²) in [5.74, 6) is 1.25. The molecule has 0 saturated carbocycles. The number of rotatable bonds is 5. The molecule has 2 N–H and O–H groups in total. The summed E-state index contributed by atoms with van der Waals surface area (Å²) in [7, 11) is 0. The Bertz CT molecular complexity index is 715. The van der Waals surface area contributed by atoms with E-state index in [1.807, 2.05) is 19.1 Å². The number of anilines is 2. The van der Waals surface area contributed by atoms with Crippen LogP contribution in [0.5, 0.6) is 11.5 Å². The van der Waals surface area contributed by atoms with Crippen molar-refractivity contribution < 1.29 is 14.3 Å². The molecule has 0 saturated heterocycles. The van der Waals surface area contributed by atoms with E-state index in [1.165, 1.54) is 5.56 Å². The normalized spacial score (nSPS) is 13.5. The van der Waals surface area contributed by atoms with Gasteiger partial charge in [-0.15, -0.1) is 0 Å². The van der Waals surface area contributed by atoms with Gasteiger partial charge >= 0.3 is 0 Å². The predicted octanol–water partition coefficient (Wildman–Crippen LogP) is 3.42. The summed E-state index contributed by atoms with van der Waals surface area (Å²) < 4.78 is 10.6. The molecule has 1 heterocycles. The van der Waals surface area contributed by atoms with Crippen LogP contribution in [0.15, 0.2) is 42.5 Å². The number of hydrogen-bond donors (Lipinski definition) is 2. The topological polar surface area (TPSA) is 59.6 Å². The van der Waals surface area contributed by atoms with Gasteiger partial charge in [0.2, 0.25) is 12.7 Å². The summed E-state index contributed by atoms with van der Waals surface area (Å²) in [6, 6.07) is 13.1. The molecule has 0 bridgehead atoms. The maximum absolute atomic E-state index is 12.3. The van der Waals surface area contributed by atoms with E-state index in [4.69, 9.17) is 9.47 Å². The Morgan fingerprint density at radius 1 is 1.13 bits per heavy atom. The maximum Gasteiger partial charge on any atom is 0.246 e. The number of aryl methyl sites for hydroxylation is 1. The Balaban J connectivity index is 1.63. The summed E-state index contributed by atoms with van der Waals surface area (Å²) in [6.45, 7) is 4.16. The number of nitrogens with one attached hydrogen (secondary N) is 2. The fraction of sp³-hybridized carbons (Fsp3) is 0.278. The molecule has 5 nitrogen and oxygen atoms in total. The molecule has 2 aromatic rings. The highest BCUT2D eigenvalue weighted by Crippen LogP contribution is 2.34. The number of hydrogen-bond acceptors (Lipinski definition) is 4. The minimum absolute atomic E-state index is 0.106. The van der Waals surface area contributed by atoms with Crippen molar-refractivity contribution in [3.8, 4) is 11.5 Å². The molecule has 0 fully saturated rings. The lowest BCUT2D eigenvalue weighted by molar-refractivity contribution is -0.116. The van der Waals surface area contributed by atoms with Crippen LogP contribution in [0.3, 0.4) is 0 Å². The quantitative estimate of drug-likeness (QED) is 0.888. The summed E-state index contributed by atoms with van der Waals surface area (Å²) in [4.78, 5) is 12.3. The lowest BCUT2D eigenvalue weighted by atomic mass is 10.1. The molecule has 1 amide bonds. The Hall–Kier alpha value is -2.69. The first-order valence-electron chi connectivity index (χ1n) is 7.71. The van der Waals surface area contributed by atoms with Crippen molar-refractivity contribution in [1.82, 2.24) is 0 Å². The number of benzene rings is 2. The van der Waals surface area contributed by atoms with Crippen LogP contribution >= 0.6 is 0 Å². The van der Waals surface area contributed by atoms with Crippen LogP contribution in [0.1, 0.15) is 19.4 Å². The molecule has 0 aliphatic carbocycles. The molecule has 120 valence electrons. The van der Waals surface area contributed by atoms with Crippen LogP contribution in [-0.4, -0.2) is 18.7 Å². The predicted molar refractivity (Wildman–Crippen MR) is 90.1 cm³/mol. The second-order valence-corrected chi connectivity index (χ2v) is 5.48. The number of fused-ring (bicyclic) bond motifs is 1. The molecule has 1 atom stereocenters. The molecule has 1 aliphatic rings. The van der Waals surface area contributed by atoms with Crippen molar-refractivity contribution in [3.05, 3.63) is 48.0 Å².